The fourth-order valence-corrected chi connectivity index (χ4v) is 3.97. The average Bonchev–Trinajstić information content (AvgIpc) is 2.59. The van der Waals surface area contributed by atoms with E-state index in [0.717, 1.165) is 19.3 Å². The molecule has 0 aliphatic rings. The molecule has 0 spiro atoms. The lowest BCUT2D eigenvalue weighted by Crippen LogP contribution is -2.37. The van der Waals surface area contributed by atoms with Crippen LogP contribution in [0, 0.1) is 0 Å². The maximum Gasteiger partial charge on any atom is 0.276 e. The molecule has 0 aliphatic heterocycles. The number of hydrogen-bond donors (Lipinski definition) is 1. The maximum absolute atomic E-state index is 11.4. The van der Waals surface area contributed by atoms with E-state index in [9.17, 15) is 8.42 Å². The molecule has 2 N–H and O–H groups in total. The second kappa shape index (κ2) is 18.0. The molecule has 156 valence electrons. The molecule has 0 radical (unpaired) electrons. The minimum absolute atomic E-state index is 0.532. The molecule has 0 aliphatic carbocycles. The van der Waals surface area contributed by atoms with Gasteiger partial charge in [0.15, 0.2) is 0 Å². The van der Waals surface area contributed by atoms with Gasteiger partial charge < -0.3 is 0 Å². The predicted molar refractivity (Wildman–Crippen MR) is 114 cm³/mol. The van der Waals surface area contributed by atoms with Gasteiger partial charge in [-0.2, -0.15) is 12.7 Å². The Morgan fingerprint density at radius 3 is 1.58 bits per heavy atom. The van der Waals surface area contributed by atoms with Gasteiger partial charge >= 0.3 is 0 Å². The fourth-order valence-electron chi connectivity index (χ4n) is 3.15. The van der Waals surface area contributed by atoms with Crippen molar-refractivity contribution in [3.05, 3.63) is 12.2 Å². The van der Waals surface area contributed by atoms with E-state index in [1.54, 1.807) is 0 Å². The van der Waals surface area contributed by atoms with Crippen LogP contribution in [0.1, 0.15) is 110 Å². The normalized spacial score (nSPS) is 12.5. The summed E-state index contributed by atoms with van der Waals surface area (Å²) in [6.07, 6.45) is 23.2. The monoisotopic (exact) mass is 388 g/mol. The van der Waals surface area contributed by atoms with E-state index in [4.69, 9.17) is 5.14 Å². The second-order valence-corrected chi connectivity index (χ2v) is 8.93. The van der Waals surface area contributed by atoms with Gasteiger partial charge in [0, 0.05) is 13.1 Å². The molecular formula is C21H44N2O2S. The van der Waals surface area contributed by atoms with Gasteiger partial charge in [0.2, 0.25) is 0 Å². The van der Waals surface area contributed by atoms with Crippen LogP contribution in [0.15, 0.2) is 12.2 Å². The molecule has 0 unspecified atom stereocenters. The SMILES string of the molecule is CCCCCCCC/C=C/CCCCCCCCN(CCC)S(N)(=O)=O. The summed E-state index contributed by atoms with van der Waals surface area (Å²) in [5, 5.41) is 5.22. The van der Waals surface area contributed by atoms with Crippen LogP contribution in [0.25, 0.3) is 0 Å². The zero-order valence-corrected chi connectivity index (χ0v) is 18.2. The second-order valence-electron chi connectivity index (χ2n) is 7.38. The highest BCUT2D eigenvalue weighted by atomic mass is 32.2. The minimum Gasteiger partial charge on any atom is -0.216 e. The molecule has 0 saturated carbocycles. The van der Waals surface area contributed by atoms with Crippen LogP contribution in [0.3, 0.4) is 0 Å². The molecular weight excluding hydrogens is 344 g/mol. The number of allylic oxidation sites excluding steroid dienone is 2. The summed E-state index contributed by atoms with van der Waals surface area (Å²) in [4.78, 5) is 0. The molecule has 0 fully saturated rings. The molecule has 5 heteroatoms. The van der Waals surface area contributed by atoms with Crippen molar-refractivity contribution in [3.63, 3.8) is 0 Å². The lowest BCUT2D eigenvalue weighted by Gasteiger charge is -2.18. The Balaban J connectivity index is 3.39. The summed E-state index contributed by atoms with van der Waals surface area (Å²) in [6.45, 7) is 5.33. The number of nitrogens with zero attached hydrogens (tertiary/aromatic N) is 1. The average molecular weight is 389 g/mol. The highest BCUT2D eigenvalue weighted by Gasteiger charge is 2.14. The first-order chi connectivity index (χ1) is 12.5. The molecule has 0 atom stereocenters. The minimum atomic E-state index is -3.52. The Labute approximate surface area is 163 Å². The van der Waals surface area contributed by atoms with Gasteiger partial charge in [-0.3, -0.25) is 0 Å². The van der Waals surface area contributed by atoms with Crippen molar-refractivity contribution in [2.24, 2.45) is 5.14 Å². The Hall–Kier alpha value is -0.390. The largest absolute Gasteiger partial charge is 0.276 e. The van der Waals surface area contributed by atoms with E-state index < -0.39 is 10.2 Å². The zero-order valence-electron chi connectivity index (χ0n) is 17.4. The van der Waals surface area contributed by atoms with Gasteiger partial charge in [0.05, 0.1) is 0 Å². The molecule has 26 heavy (non-hydrogen) atoms. The van der Waals surface area contributed by atoms with Crippen molar-refractivity contribution in [2.75, 3.05) is 13.1 Å². The number of hydrogen-bond acceptors (Lipinski definition) is 2. The Morgan fingerprint density at radius 1 is 0.654 bits per heavy atom. The first kappa shape index (κ1) is 25.6. The first-order valence-electron chi connectivity index (χ1n) is 10.9. The van der Waals surface area contributed by atoms with Gasteiger partial charge in [-0.1, -0.05) is 83.8 Å². The van der Waals surface area contributed by atoms with Crippen LogP contribution >= 0.6 is 0 Å². The Kier molecular flexibility index (Phi) is 17.7. The van der Waals surface area contributed by atoms with Gasteiger partial charge in [-0.05, 0) is 38.5 Å². The van der Waals surface area contributed by atoms with Gasteiger partial charge in [-0.15, -0.1) is 0 Å². The van der Waals surface area contributed by atoms with E-state index >= 15 is 0 Å². The van der Waals surface area contributed by atoms with Gasteiger partial charge in [0.25, 0.3) is 10.2 Å². The van der Waals surface area contributed by atoms with Crippen LogP contribution in [-0.2, 0) is 10.2 Å². The maximum atomic E-state index is 11.4. The van der Waals surface area contributed by atoms with E-state index in [-0.39, 0.29) is 0 Å². The van der Waals surface area contributed by atoms with Crippen molar-refractivity contribution in [1.29, 1.82) is 0 Å². The number of nitrogens with two attached hydrogens (primary N) is 1. The molecule has 0 heterocycles. The summed E-state index contributed by atoms with van der Waals surface area (Å²) >= 11 is 0. The van der Waals surface area contributed by atoms with Crippen LogP contribution in [-0.4, -0.2) is 25.8 Å². The summed E-state index contributed by atoms with van der Waals surface area (Å²) < 4.78 is 24.2. The third-order valence-electron chi connectivity index (χ3n) is 4.75. The van der Waals surface area contributed by atoms with Crippen LogP contribution in [0.2, 0.25) is 0 Å². The fraction of sp³-hybridized carbons (Fsp3) is 0.905. The molecule has 0 aromatic rings. The summed E-state index contributed by atoms with van der Waals surface area (Å²) in [5.74, 6) is 0. The molecule has 4 nitrogen and oxygen atoms in total. The number of rotatable bonds is 19. The third kappa shape index (κ3) is 17.0. The van der Waals surface area contributed by atoms with Crippen molar-refractivity contribution < 1.29 is 8.42 Å². The smallest absolute Gasteiger partial charge is 0.216 e. The van der Waals surface area contributed by atoms with E-state index in [1.165, 1.54) is 81.4 Å². The zero-order chi connectivity index (χ0) is 19.5. The Morgan fingerprint density at radius 2 is 1.12 bits per heavy atom. The van der Waals surface area contributed by atoms with E-state index in [0.29, 0.717) is 13.1 Å². The summed E-state index contributed by atoms with van der Waals surface area (Å²) in [6, 6.07) is 0. The lowest BCUT2D eigenvalue weighted by molar-refractivity contribution is 0.396. The number of unbranched alkanes of at least 4 members (excludes halogenated alkanes) is 12. The Bertz CT molecular complexity index is 422. The van der Waals surface area contributed by atoms with Gasteiger partial charge in [0.1, 0.15) is 0 Å². The van der Waals surface area contributed by atoms with Crippen molar-refractivity contribution in [1.82, 2.24) is 4.31 Å². The highest BCUT2D eigenvalue weighted by Crippen LogP contribution is 2.10. The molecule has 0 aromatic heterocycles. The molecule has 0 amide bonds. The van der Waals surface area contributed by atoms with Crippen molar-refractivity contribution in [2.45, 2.75) is 110 Å². The van der Waals surface area contributed by atoms with Crippen molar-refractivity contribution in [3.8, 4) is 0 Å². The van der Waals surface area contributed by atoms with E-state index in [2.05, 4.69) is 19.1 Å². The molecule has 0 rings (SSSR count). The van der Waals surface area contributed by atoms with Crippen LogP contribution in [0.5, 0.6) is 0 Å². The molecule has 0 bridgehead atoms. The van der Waals surface area contributed by atoms with Crippen molar-refractivity contribution >= 4 is 10.2 Å². The van der Waals surface area contributed by atoms with E-state index in [1.807, 2.05) is 6.92 Å². The molecule has 0 saturated heterocycles. The predicted octanol–water partition coefficient (Wildman–Crippen LogP) is 5.94. The first-order valence-corrected chi connectivity index (χ1v) is 12.5. The highest BCUT2D eigenvalue weighted by molar-refractivity contribution is 7.86. The quantitative estimate of drug-likeness (QED) is 0.220. The van der Waals surface area contributed by atoms with Crippen LogP contribution in [0.4, 0.5) is 0 Å². The standard InChI is InChI=1S/C21H44N2O2S/c1-3-5-6-7-8-9-10-11-12-13-14-15-16-17-18-19-21-23(20-4-2)26(22,24)25/h11-12H,3-10,13-21H2,1-2H3,(H2,22,24,25)/b12-11+. The topological polar surface area (TPSA) is 63.4 Å². The van der Waals surface area contributed by atoms with Crippen LogP contribution < -0.4 is 5.14 Å². The molecule has 0 aromatic carbocycles. The third-order valence-corrected chi connectivity index (χ3v) is 5.84. The summed E-state index contributed by atoms with van der Waals surface area (Å²) in [5.41, 5.74) is 0. The summed E-state index contributed by atoms with van der Waals surface area (Å²) in [7, 11) is -3.52. The lowest BCUT2D eigenvalue weighted by atomic mass is 10.1. The van der Waals surface area contributed by atoms with Gasteiger partial charge in [-0.25, -0.2) is 5.14 Å².